The second-order valence-electron chi connectivity index (χ2n) is 4.79. The van der Waals surface area contributed by atoms with Crippen molar-refractivity contribution >= 4 is 46.1 Å². The SMILES string of the molecule is Cc1ccc(NC(=O)CSc2nc3cc(Cl)ccc3o2)cc1. The number of hydrogen-bond acceptors (Lipinski definition) is 4. The Morgan fingerprint density at radius 2 is 2.05 bits per heavy atom. The molecule has 0 bridgehead atoms. The van der Waals surface area contributed by atoms with Crippen molar-refractivity contribution in [2.75, 3.05) is 11.1 Å². The summed E-state index contributed by atoms with van der Waals surface area (Å²) in [6.45, 7) is 2.00. The van der Waals surface area contributed by atoms with Crippen molar-refractivity contribution in [1.29, 1.82) is 0 Å². The van der Waals surface area contributed by atoms with Gasteiger partial charge in [-0.2, -0.15) is 0 Å². The lowest BCUT2D eigenvalue weighted by atomic mass is 10.2. The molecule has 3 aromatic rings. The zero-order chi connectivity index (χ0) is 15.5. The average Bonchev–Trinajstić information content (AvgIpc) is 2.89. The van der Waals surface area contributed by atoms with Crippen LogP contribution in [0.25, 0.3) is 11.1 Å². The number of halogens is 1. The Morgan fingerprint density at radius 3 is 2.82 bits per heavy atom. The van der Waals surface area contributed by atoms with Crippen molar-refractivity contribution in [2.24, 2.45) is 0 Å². The molecule has 0 aliphatic carbocycles. The molecule has 0 saturated carbocycles. The third-order valence-corrected chi connectivity index (χ3v) is 4.06. The Kier molecular flexibility index (Phi) is 4.36. The van der Waals surface area contributed by atoms with E-state index in [0.29, 0.717) is 21.3 Å². The lowest BCUT2D eigenvalue weighted by molar-refractivity contribution is -0.113. The molecule has 22 heavy (non-hydrogen) atoms. The van der Waals surface area contributed by atoms with Crippen molar-refractivity contribution in [3.63, 3.8) is 0 Å². The maximum Gasteiger partial charge on any atom is 0.257 e. The van der Waals surface area contributed by atoms with Crippen LogP contribution in [0.4, 0.5) is 5.69 Å². The van der Waals surface area contributed by atoms with Crippen molar-refractivity contribution in [1.82, 2.24) is 4.98 Å². The summed E-state index contributed by atoms with van der Waals surface area (Å²) in [5, 5.41) is 3.89. The van der Waals surface area contributed by atoms with Gasteiger partial charge in [0.1, 0.15) is 5.52 Å². The third kappa shape index (κ3) is 3.61. The minimum Gasteiger partial charge on any atom is -0.431 e. The van der Waals surface area contributed by atoms with Crippen LogP contribution in [-0.2, 0) is 4.79 Å². The molecule has 0 aliphatic rings. The summed E-state index contributed by atoms with van der Waals surface area (Å²) >= 11 is 7.15. The Labute approximate surface area is 136 Å². The number of benzene rings is 2. The Bertz CT molecular complexity index is 815. The summed E-state index contributed by atoms with van der Waals surface area (Å²) in [5.41, 5.74) is 3.28. The van der Waals surface area contributed by atoms with Gasteiger partial charge >= 0.3 is 0 Å². The molecule has 1 heterocycles. The molecular formula is C16H13ClN2O2S. The van der Waals surface area contributed by atoms with E-state index in [4.69, 9.17) is 16.0 Å². The predicted octanol–water partition coefficient (Wildman–Crippen LogP) is 4.52. The number of anilines is 1. The van der Waals surface area contributed by atoms with Gasteiger partial charge in [-0.05, 0) is 37.3 Å². The smallest absolute Gasteiger partial charge is 0.257 e. The lowest BCUT2D eigenvalue weighted by Gasteiger charge is -2.04. The van der Waals surface area contributed by atoms with Gasteiger partial charge in [-0.25, -0.2) is 4.98 Å². The summed E-state index contributed by atoms with van der Waals surface area (Å²) < 4.78 is 5.55. The van der Waals surface area contributed by atoms with Crippen LogP contribution in [0.5, 0.6) is 0 Å². The normalized spacial score (nSPS) is 10.8. The van der Waals surface area contributed by atoms with Crippen LogP contribution in [0.15, 0.2) is 52.1 Å². The first-order valence-electron chi connectivity index (χ1n) is 6.65. The van der Waals surface area contributed by atoms with E-state index in [-0.39, 0.29) is 11.7 Å². The molecule has 0 saturated heterocycles. The quantitative estimate of drug-likeness (QED) is 0.714. The van der Waals surface area contributed by atoms with Crippen LogP contribution in [0.3, 0.4) is 0 Å². The first-order chi connectivity index (χ1) is 10.6. The number of fused-ring (bicyclic) bond motifs is 1. The molecule has 112 valence electrons. The van der Waals surface area contributed by atoms with Crippen LogP contribution in [0, 0.1) is 6.92 Å². The monoisotopic (exact) mass is 332 g/mol. The van der Waals surface area contributed by atoms with Gasteiger partial charge in [0.15, 0.2) is 5.58 Å². The number of amides is 1. The number of oxazole rings is 1. The Hall–Kier alpha value is -1.98. The highest BCUT2D eigenvalue weighted by molar-refractivity contribution is 7.99. The summed E-state index contributed by atoms with van der Waals surface area (Å²) in [5.74, 6) is 0.128. The summed E-state index contributed by atoms with van der Waals surface area (Å²) in [7, 11) is 0. The number of nitrogens with one attached hydrogen (secondary N) is 1. The molecule has 0 unspecified atom stereocenters. The number of aryl methyl sites for hydroxylation is 1. The van der Waals surface area contributed by atoms with E-state index in [1.54, 1.807) is 18.2 Å². The molecule has 2 aromatic carbocycles. The number of aromatic nitrogens is 1. The number of hydrogen-bond donors (Lipinski definition) is 1. The molecule has 4 nitrogen and oxygen atoms in total. The second kappa shape index (κ2) is 6.42. The van der Waals surface area contributed by atoms with Gasteiger partial charge in [0, 0.05) is 10.7 Å². The van der Waals surface area contributed by atoms with Gasteiger partial charge in [-0.1, -0.05) is 41.1 Å². The van der Waals surface area contributed by atoms with Gasteiger partial charge in [-0.15, -0.1) is 0 Å². The molecule has 6 heteroatoms. The van der Waals surface area contributed by atoms with Gasteiger partial charge in [-0.3, -0.25) is 4.79 Å². The fourth-order valence-electron chi connectivity index (χ4n) is 1.90. The van der Waals surface area contributed by atoms with E-state index in [0.717, 1.165) is 11.3 Å². The van der Waals surface area contributed by atoms with Crippen LogP contribution in [-0.4, -0.2) is 16.6 Å². The van der Waals surface area contributed by atoms with Crippen molar-refractivity contribution in [3.05, 3.63) is 53.1 Å². The highest BCUT2D eigenvalue weighted by Gasteiger charge is 2.10. The van der Waals surface area contributed by atoms with E-state index < -0.39 is 0 Å². The number of carbonyl (C=O) groups excluding carboxylic acids is 1. The van der Waals surface area contributed by atoms with E-state index in [9.17, 15) is 4.79 Å². The zero-order valence-corrected chi connectivity index (χ0v) is 13.4. The van der Waals surface area contributed by atoms with Gasteiger partial charge < -0.3 is 9.73 Å². The van der Waals surface area contributed by atoms with E-state index in [2.05, 4.69) is 10.3 Å². The Balaban J connectivity index is 1.61. The largest absolute Gasteiger partial charge is 0.431 e. The first-order valence-corrected chi connectivity index (χ1v) is 8.02. The highest BCUT2D eigenvalue weighted by Crippen LogP contribution is 2.25. The van der Waals surface area contributed by atoms with E-state index in [1.165, 1.54) is 11.8 Å². The fourth-order valence-corrected chi connectivity index (χ4v) is 2.71. The molecule has 3 rings (SSSR count). The minimum absolute atomic E-state index is 0.103. The number of nitrogens with zero attached hydrogens (tertiary/aromatic N) is 1. The molecule has 1 amide bonds. The van der Waals surface area contributed by atoms with Crippen LogP contribution >= 0.6 is 23.4 Å². The van der Waals surface area contributed by atoms with Crippen molar-refractivity contribution < 1.29 is 9.21 Å². The molecular weight excluding hydrogens is 320 g/mol. The van der Waals surface area contributed by atoms with Crippen molar-refractivity contribution in [3.8, 4) is 0 Å². The number of rotatable bonds is 4. The Morgan fingerprint density at radius 1 is 1.27 bits per heavy atom. The highest BCUT2D eigenvalue weighted by atomic mass is 35.5. The molecule has 0 atom stereocenters. The molecule has 0 aliphatic heterocycles. The van der Waals surface area contributed by atoms with Crippen LogP contribution in [0.2, 0.25) is 5.02 Å². The number of carbonyl (C=O) groups is 1. The van der Waals surface area contributed by atoms with Gasteiger partial charge in [0.2, 0.25) is 5.91 Å². The fraction of sp³-hybridized carbons (Fsp3) is 0.125. The summed E-state index contributed by atoms with van der Waals surface area (Å²) in [4.78, 5) is 16.2. The maximum absolute atomic E-state index is 11.9. The lowest BCUT2D eigenvalue weighted by Crippen LogP contribution is -2.13. The maximum atomic E-state index is 11.9. The molecule has 1 N–H and O–H groups in total. The van der Waals surface area contributed by atoms with E-state index in [1.807, 2.05) is 31.2 Å². The first kappa shape index (κ1) is 14.9. The van der Waals surface area contributed by atoms with Crippen molar-refractivity contribution in [2.45, 2.75) is 12.1 Å². The zero-order valence-electron chi connectivity index (χ0n) is 11.8. The second-order valence-corrected chi connectivity index (χ2v) is 6.16. The average molecular weight is 333 g/mol. The summed E-state index contributed by atoms with van der Waals surface area (Å²) in [6, 6.07) is 12.9. The topological polar surface area (TPSA) is 55.1 Å². The minimum atomic E-state index is -0.103. The number of thioether (sulfide) groups is 1. The third-order valence-electron chi connectivity index (χ3n) is 2.99. The van der Waals surface area contributed by atoms with Gasteiger partial charge in [0.25, 0.3) is 5.22 Å². The molecule has 0 fully saturated rings. The molecule has 0 radical (unpaired) electrons. The van der Waals surface area contributed by atoms with Crippen LogP contribution in [0.1, 0.15) is 5.56 Å². The standard InChI is InChI=1S/C16H13ClN2O2S/c1-10-2-5-12(6-3-10)18-15(20)9-22-16-19-13-8-11(17)4-7-14(13)21-16/h2-8H,9H2,1H3,(H,18,20). The summed E-state index contributed by atoms with van der Waals surface area (Å²) in [6.07, 6.45) is 0. The van der Waals surface area contributed by atoms with Crippen LogP contribution < -0.4 is 5.32 Å². The molecule has 1 aromatic heterocycles. The predicted molar refractivity (Wildman–Crippen MR) is 89.6 cm³/mol. The molecule has 0 spiro atoms. The van der Waals surface area contributed by atoms with Gasteiger partial charge in [0.05, 0.1) is 5.75 Å². The van der Waals surface area contributed by atoms with E-state index >= 15 is 0 Å².